The van der Waals surface area contributed by atoms with Crippen molar-refractivity contribution < 1.29 is 8.42 Å². The predicted molar refractivity (Wildman–Crippen MR) is 42.5 cm³/mol. The Bertz CT molecular complexity index is 198. The SMILES string of the molecule is CC(C)(CN)CS(=O)(=O)Cl. The van der Waals surface area contributed by atoms with Gasteiger partial charge in [-0.25, -0.2) is 8.42 Å². The second kappa shape index (κ2) is 3.07. The molecule has 5 heteroatoms. The van der Waals surface area contributed by atoms with Crippen LogP contribution in [0, 0.1) is 5.41 Å². The minimum absolute atomic E-state index is 0.0714. The predicted octanol–water partition coefficient (Wildman–Crippen LogP) is 0.540. The minimum Gasteiger partial charge on any atom is -0.330 e. The maximum atomic E-state index is 10.5. The molecule has 0 bridgehead atoms. The summed E-state index contributed by atoms with van der Waals surface area (Å²) in [5, 5.41) is 0. The molecule has 0 saturated carbocycles. The summed E-state index contributed by atoms with van der Waals surface area (Å²) in [6.45, 7) is 3.83. The standard InChI is InChI=1S/C5H12ClNO2S/c1-5(2,3-7)4-10(6,8)9/h3-4,7H2,1-2H3. The molecule has 0 radical (unpaired) electrons. The third-order valence-electron chi connectivity index (χ3n) is 1.12. The molecule has 0 fully saturated rings. The van der Waals surface area contributed by atoms with Crippen LogP contribution in [0.4, 0.5) is 0 Å². The fourth-order valence-corrected chi connectivity index (χ4v) is 2.46. The van der Waals surface area contributed by atoms with Crippen molar-refractivity contribution in [3.05, 3.63) is 0 Å². The summed E-state index contributed by atoms with van der Waals surface area (Å²) < 4.78 is 21.0. The summed E-state index contributed by atoms with van der Waals surface area (Å²) in [6.07, 6.45) is 0. The van der Waals surface area contributed by atoms with Crippen LogP contribution in [0.15, 0.2) is 0 Å². The number of hydrogen-bond donors (Lipinski definition) is 1. The van der Waals surface area contributed by atoms with E-state index in [0.29, 0.717) is 6.54 Å². The summed E-state index contributed by atoms with van der Waals surface area (Å²) in [4.78, 5) is 0. The van der Waals surface area contributed by atoms with Crippen molar-refractivity contribution in [2.75, 3.05) is 12.3 Å². The zero-order valence-electron chi connectivity index (χ0n) is 6.09. The molecule has 0 aromatic rings. The first-order valence-corrected chi connectivity index (χ1v) is 5.37. The van der Waals surface area contributed by atoms with Gasteiger partial charge in [0.05, 0.1) is 5.75 Å². The molecule has 3 nitrogen and oxygen atoms in total. The van der Waals surface area contributed by atoms with Gasteiger partial charge in [0.15, 0.2) is 0 Å². The molecule has 0 aliphatic heterocycles. The zero-order chi connectivity index (χ0) is 8.41. The molecule has 0 unspecified atom stereocenters. The van der Waals surface area contributed by atoms with E-state index in [4.69, 9.17) is 16.4 Å². The third-order valence-corrected chi connectivity index (χ3v) is 2.57. The van der Waals surface area contributed by atoms with Gasteiger partial charge in [0.25, 0.3) is 0 Å². The molecule has 0 atom stereocenters. The lowest BCUT2D eigenvalue weighted by Crippen LogP contribution is -2.29. The van der Waals surface area contributed by atoms with Gasteiger partial charge in [0.2, 0.25) is 9.05 Å². The summed E-state index contributed by atoms with van der Waals surface area (Å²) in [5.41, 5.74) is 4.87. The largest absolute Gasteiger partial charge is 0.330 e. The van der Waals surface area contributed by atoms with Crippen LogP contribution in [0.3, 0.4) is 0 Å². The number of hydrogen-bond acceptors (Lipinski definition) is 3. The molecule has 0 saturated heterocycles. The molecular formula is C5H12ClNO2S. The number of halogens is 1. The van der Waals surface area contributed by atoms with Crippen LogP contribution in [-0.2, 0) is 9.05 Å². The van der Waals surface area contributed by atoms with Gasteiger partial charge in [-0.3, -0.25) is 0 Å². The van der Waals surface area contributed by atoms with Crippen molar-refractivity contribution >= 4 is 19.7 Å². The molecule has 0 heterocycles. The quantitative estimate of drug-likeness (QED) is 0.653. The van der Waals surface area contributed by atoms with Crippen molar-refractivity contribution in [1.82, 2.24) is 0 Å². The highest BCUT2D eigenvalue weighted by molar-refractivity contribution is 8.13. The van der Waals surface area contributed by atoms with E-state index >= 15 is 0 Å². The minimum atomic E-state index is -3.40. The fourth-order valence-electron chi connectivity index (χ4n) is 0.526. The summed E-state index contributed by atoms with van der Waals surface area (Å²) in [5.74, 6) is -0.0714. The van der Waals surface area contributed by atoms with Crippen LogP contribution in [-0.4, -0.2) is 20.7 Å². The van der Waals surface area contributed by atoms with Crippen LogP contribution in [0.1, 0.15) is 13.8 Å². The van der Waals surface area contributed by atoms with Crippen LogP contribution < -0.4 is 5.73 Å². The second-order valence-electron chi connectivity index (χ2n) is 3.05. The maximum Gasteiger partial charge on any atom is 0.233 e. The lowest BCUT2D eigenvalue weighted by Gasteiger charge is -2.19. The Labute approximate surface area is 66.0 Å². The van der Waals surface area contributed by atoms with E-state index in [2.05, 4.69) is 0 Å². The smallest absolute Gasteiger partial charge is 0.233 e. The van der Waals surface area contributed by atoms with Gasteiger partial charge >= 0.3 is 0 Å². The average molecular weight is 186 g/mol. The van der Waals surface area contributed by atoms with Gasteiger partial charge in [0, 0.05) is 10.7 Å². The van der Waals surface area contributed by atoms with E-state index < -0.39 is 14.5 Å². The normalized spacial score (nSPS) is 13.6. The van der Waals surface area contributed by atoms with Crippen molar-refractivity contribution in [2.45, 2.75) is 13.8 Å². The lowest BCUT2D eigenvalue weighted by atomic mass is 9.97. The van der Waals surface area contributed by atoms with E-state index in [1.807, 2.05) is 0 Å². The molecule has 0 amide bonds. The highest BCUT2D eigenvalue weighted by atomic mass is 35.7. The van der Waals surface area contributed by atoms with Gasteiger partial charge in [-0.1, -0.05) is 13.8 Å². The molecule has 2 N–H and O–H groups in total. The lowest BCUT2D eigenvalue weighted by molar-refractivity contribution is 0.428. The Balaban J connectivity index is 4.16. The molecule has 0 spiro atoms. The topological polar surface area (TPSA) is 60.2 Å². The first-order valence-electron chi connectivity index (χ1n) is 2.89. The van der Waals surface area contributed by atoms with Gasteiger partial charge in [-0.2, -0.15) is 0 Å². The van der Waals surface area contributed by atoms with Gasteiger partial charge in [0.1, 0.15) is 0 Å². The van der Waals surface area contributed by atoms with Crippen LogP contribution in [0.2, 0.25) is 0 Å². The van der Waals surface area contributed by atoms with Crippen LogP contribution in [0.5, 0.6) is 0 Å². The van der Waals surface area contributed by atoms with E-state index in [9.17, 15) is 8.42 Å². The number of nitrogens with two attached hydrogens (primary N) is 1. The Kier molecular flexibility index (Phi) is 3.13. The fraction of sp³-hybridized carbons (Fsp3) is 1.00. The molecule has 10 heavy (non-hydrogen) atoms. The van der Waals surface area contributed by atoms with Crippen molar-refractivity contribution in [3.8, 4) is 0 Å². The Morgan fingerprint density at radius 2 is 1.90 bits per heavy atom. The third kappa shape index (κ3) is 5.02. The molecule has 0 aliphatic rings. The first kappa shape index (κ1) is 10.2. The Morgan fingerprint density at radius 1 is 1.50 bits per heavy atom. The summed E-state index contributed by atoms with van der Waals surface area (Å²) in [7, 11) is 1.61. The monoisotopic (exact) mass is 185 g/mol. The van der Waals surface area contributed by atoms with E-state index in [1.54, 1.807) is 13.8 Å². The van der Waals surface area contributed by atoms with Crippen molar-refractivity contribution in [3.63, 3.8) is 0 Å². The van der Waals surface area contributed by atoms with Crippen molar-refractivity contribution in [1.29, 1.82) is 0 Å². The molecule has 0 aliphatic carbocycles. The van der Waals surface area contributed by atoms with E-state index in [0.717, 1.165) is 0 Å². The highest BCUT2D eigenvalue weighted by Crippen LogP contribution is 2.17. The van der Waals surface area contributed by atoms with Gasteiger partial charge < -0.3 is 5.73 Å². The second-order valence-corrected chi connectivity index (χ2v) is 5.83. The average Bonchev–Trinajstić information content (AvgIpc) is 1.60. The number of rotatable bonds is 3. The molecule has 0 aromatic heterocycles. The molecular weight excluding hydrogens is 174 g/mol. The van der Waals surface area contributed by atoms with Gasteiger partial charge in [-0.15, -0.1) is 0 Å². The van der Waals surface area contributed by atoms with Crippen LogP contribution >= 0.6 is 10.7 Å². The van der Waals surface area contributed by atoms with Crippen molar-refractivity contribution in [2.24, 2.45) is 11.1 Å². The molecule has 0 aromatic carbocycles. The molecule has 0 rings (SSSR count). The van der Waals surface area contributed by atoms with E-state index in [-0.39, 0.29) is 5.75 Å². The molecule has 62 valence electrons. The van der Waals surface area contributed by atoms with Crippen LogP contribution in [0.25, 0.3) is 0 Å². The zero-order valence-corrected chi connectivity index (χ0v) is 7.67. The first-order chi connectivity index (χ1) is 4.27. The van der Waals surface area contributed by atoms with Gasteiger partial charge in [-0.05, 0) is 12.0 Å². The Hall–Kier alpha value is 0.200. The maximum absolute atomic E-state index is 10.5. The Morgan fingerprint density at radius 3 is 2.00 bits per heavy atom. The highest BCUT2D eigenvalue weighted by Gasteiger charge is 2.22. The summed E-state index contributed by atoms with van der Waals surface area (Å²) >= 11 is 0. The van der Waals surface area contributed by atoms with E-state index in [1.165, 1.54) is 0 Å². The summed E-state index contributed by atoms with van der Waals surface area (Å²) in [6, 6.07) is 0.